The molecule has 45 heavy (non-hydrogen) atoms. The Morgan fingerprint density at radius 2 is 0.867 bits per heavy atom. The van der Waals surface area contributed by atoms with E-state index in [1.165, 1.54) is 74.5 Å². The van der Waals surface area contributed by atoms with E-state index in [1.54, 1.807) is 0 Å². The Labute approximate surface area is 286 Å². The summed E-state index contributed by atoms with van der Waals surface area (Å²) in [5.41, 5.74) is 2.12. The van der Waals surface area contributed by atoms with Gasteiger partial charge in [0.2, 0.25) is 0 Å². The molecule has 6 nitrogen and oxygen atoms in total. The minimum absolute atomic E-state index is 0. The standard InChI is InChI=1S/2C17H14F2O3.Ca/c2*1-10(17(21)22)8-16(20)12-4-2-11(3-5-12)14-7-6-13(18)9-15(14)19;/h2*2-7,9-10H,8H2,1H3,(H,21,22);/q;;+2/p-2. The molecule has 0 spiro atoms. The number of ketones is 2. The summed E-state index contributed by atoms with van der Waals surface area (Å²) in [5.74, 6) is -7.67. The molecule has 228 valence electrons. The van der Waals surface area contributed by atoms with Crippen molar-refractivity contribution in [2.24, 2.45) is 11.8 Å². The van der Waals surface area contributed by atoms with Gasteiger partial charge in [0.15, 0.2) is 11.6 Å². The normalized spacial score (nSPS) is 11.7. The van der Waals surface area contributed by atoms with E-state index < -0.39 is 47.0 Å². The van der Waals surface area contributed by atoms with Crippen molar-refractivity contribution in [2.45, 2.75) is 26.7 Å². The molecule has 2 atom stereocenters. The average molecular weight is 647 g/mol. The number of carbonyl (C=O) groups is 4. The molecule has 0 amide bonds. The van der Waals surface area contributed by atoms with Crippen LogP contribution >= 0.6 is 0 Å². The molecule has 4 aromatic carbocycles. The number of halogens is 4. The van der Waals surface area contributed by atoms with E-state index in [9.17, 15) is 47.0 Å². The Balaban J connectivity index is 0.000000307. The summed E-state index contributed by atoms with van der Waals surface area (Å²) >= 11 is 0. The second kappa shape index (κ2) is 17.0. The molecule has 4 rings (SSSR count). The van der Waals surface area contributed by atoms with E-state index in [-0.39, 0.29) is 73.3 Å². The van der Waals surface area contributed by atoms with Crippen molar-refractivity contribution in [1.82, 2.24) is 0 Å². The maximum Gasteiger partial charge on any atom is 2.00 e. The first-order valence-electron chi connectivity index (χ1n) is 13.4. The summed E-state index contributed by atoms with van der Waals surface area (Å²) in [7, 11) is 0. The van der Waals surface area contributed by atoms with Crippen LogP contribution in [0.4, 0.5) is 17.6 Å². The molecule has 0 fully saturated rings. The van der Waals surface area contributed by atoms with E-state index in [4.69, 9.17) is 0 Å². The van der Waals surface area contributed by atoms with Crippen molar-refractivity contribution < 1.29 is 47.0 Å². The molecule has 0 aromatic heterocycles. The van der Waals surface area contributed by atoms with Crippen LogP contribution in [0.5, 0.6) is 0 Å². The molecule has 0 bridgehead atoms. The Morgan fingerprint density at radius 3 is 1.13 bits per heavy atom. The fourth-order valence-electron chi connectivity index (χ4n) is 4.08. The number of carboxylic acid groups (broad SMARTS) is 2. The number of rotatable bonds is 10. The molecule has 4 aromatic rings. The van der Waals surface area contributed by atoms with Gasteiger partial charge in [0.1, 0.15) is 23.3 Å². The molecule has 2 unspecified atom stereocenters. The van der Waals surface area contributed by atoms with Gasteiger partial charge in [-0.2, -0.15) is 0 Å². The topological polar surface area (TPSA) is 114 Å². The number of carbonyl (C=O) groups excluding carboxylic acids is 4. The number of carboxylic acids is 2. The Bertz CT molecular complexity index is 1550. The van der Waals surface area contributed by atoms with Gasteiger partial charge in [0.05, 0.1) is 0 Å². The summed E-state index contributed by atoms with van der Waals surface area (Å²) in [4.78, 5) is 45.1. The number of aliphatic carboxylic acids is 2. The van der Waals surface area contributed by atoms with E-state index in [0.717, 1.165) is 24.3 Å². The molecule has 0 aliphatic rings. The second-order valence-corrected chi connectivity index (χ2v) is 10.1. The number of Topliss-reactive ketones (excluding diaryl/α,β-unsaturated/α-hetero) is 2. The zero-order valence-electron chi connectivity index (χ0n) is 24.3. The van der Waals surface area contributed by atoms with Crippen LogP contribution in [0.2, 0.25) is 0 Å². The van der Waals surface area contributed by atoms with Crippen molar-refractivity contribution in [3.05, 3.63) is 119 Å². The fourth-order valence-corrected chi connectivity index (χ4v) is 4.08. The van der Waals surface area contributed by atoms with E-state index in [1.807, 2.05) is 0 Å². The van der Waals surface area contributed by atoms with Crippen LogP contribution in [-0.4, -0.2) is 61.2 Å². The number of hydrogen-bond donors (Lipinski definition) is 0. The number of hydrogen-bond acceptors (Lipinski definition) is 6. The third-order valence-corrected chi connectivity index (χ3v) is 6.69. The van der Waals surface area contributed by atoms with Crippen molar-refractivity contribution >= 4 is 61.2 Å². The third-order valence-electron chi connectivity index (χ3n) is 6.69. The Kier molecular flexibility index (Phi) is 14.1. The SMILES string of the molecule is CC(CC(=O)c1ccc(-c2ccc(F)cc2F)cc1)C(=O)[O-].CC(CC(=O)c1ccc(-c2ccc(F)cc2F)cc1)C(=O)[O-].[Ca+2]. The van der Waals surface area contributed by atoms with Crippen LogP contribution in [-0.2, 0) is 9.59 Å². The van der Waals surface area contributed by atoms with Crippen molar-refractivity contribution in [1.29, 1.82) is 0 Å². The first kappa shape index (κ1) is 37.3. The van der Waals surface area contributed by atoms with E-state index in [0.29, 0.717) is 22.3 Å². The predicted molar refractivity (Wildman–Crippen MR) is 156 cm³/mol. The van der Waals surface area contributed by atoms with Crippen LogP contribution < -0.4 is 10.2 Å². The van der Waals surface area contributed by atoms with Crippen LogP contribution in [0.25, 0.3) is 22.3 Å². The van der Waals surface area contributed by atoms with Crippen molar-refractivity contribution in [3.63, 3.8) is 0 Å². The van der Waals surface area contributed by atoms with Gasteiger partial charge in [-0.05, 0) is 35.4 Å². The summed E-state index contributed by atoms with van der Waals surface area (Å²) < 4.78 is 53.1. The van der Waals surface area contributed by atoms with E-state index >= 15 is 0 Å². The predicted octanol–water partition coefficient (Wildman–Crippen LogP) is 4.80. The van der Waals surface area contributed by atoms with Crippen LogP contribution in [0.15, 0.2) is 84.9 Å². The zero-order chi connectivity index (χ0) is 32.6. The molecular formula is C34H26CaF4O6. The number of benzene rings is 4. The minimum Gasteiger partial charge on any atom is -0.550 e. The van der Waals surface area contributed by atoms with Gasteiger partial charge in [-0.3, -0.25) is 9.59 Å². The first-order valence-corrected chi connectivity index (χ1v) is 13.4. The average Bonchev–Trinajstić information content (AvgIpc) is 2.97. The first-order chi connectivity index (χ1) is 20.8. The fraction of sp³-hybridized carbons (Fsp3) is 0.176. The maximum atomic E-state index is 13.7. The van der Waals surface area contributed by atoms with Gasteiger partial charge in [-0.1, -0.05) is 62.4 Å². The molecule has 0 saturated carbocycles. The molecule has 0 N–H and O–H groups in total. The quantitative estimate of drug-likeness (QED) is 0.139. The van der Waals surface area contributed by atoms with Crippen LogP contribution in [0.1, 0.15) is 47.4 Å². The molecule has 0 saturated heterocycles. The monoisotopic (exact) mass is 646 g/mol. The van der Waals surface area contributed by atoms with Gasteiger partial charge < -0.3 is 19.8 Å². The summed E-state index contributed by atoms with van der Waals surface area (Å²) in [6, 6.07) is 18.6. The van der Waals surface area contributed by atoms with Gasteiger partial charge >= 0.3 is 37.7 Å². The summed E-state index contributed by atoms with van der Waals surface area (Å²) in [5, 5.41) is 21.3. The van der Waals surface area contributed by atoms with Crippen molar-refractivity contribution in [2.75, 3.05) is 0 Å². The van der Waals surface area contributed by atoms with Crippen LogP contribution in [0, 0.1) is 35.1 Å². The molecule has 11 heteroatoms. The Morgan fingerprint density at radius 1 is 0.556 bits per heavy atom. The maximum absolute atomic E-state index is 13.7. The van der Waals surface area contributed by atoms with E-state index in [2.05, 4.69) is 0 Å². The van der Waals surface area contributed by atoms with Crippen LogP contribution in [0.3, 0.4) is 0 Å². The second-order valence-electron chi connectivity index (χ2n) is 10.1. The molecule has 0 aliphatic heterocycles. The minimum atomic E-state index is -1.28. The third kappa shape index (κ3) is 10.6. The van der Waals surface area contributed by atoms with Gasteiger partial charge in [0.25, 0.3) is 0 Å². The Hall–Kier alpha value is -3.86. The zero-order valence-corrected chi connectivity index (χ0v) is 26.5. The smallest absolute Gasteiger partial charge is 0.550 e. The van der Waals surface area contributed by atoms with Gasteiger partial charge in [0, 0.05) is 71.0 Å². The molecule has 0 radical (unpaired) electrons. The molecule has 0 heterocycles. The summed E-state index contributed by atoms with van der Waals surface area (Å²) in [6.45, 7) is 2.80. The molecular weight excluding hydrogens is 620 g/mol. The molecule has 0 aliphatic carbocycles. The largest absolute Gasteiger partial charge is 2.00 e. The van der Waals surface area contributed by atoms with Gasteiger partial charge in [-0.25, -0.2) is 17.6 Å². The summed E-state index contributed by atoms with van der Waals surface area (Å²) in [6.07, 6.45) is -0.320. The van der Waals surface area contributed by atoms with Crippen molar-refractivity contribution in [3.8, 4) is 22.3 Å². The van der Waals surface area contributed by atoms with Gasteiger partial charge in [-0.15, -0.1) is 0 Å².